The predicted octanol–water partition coefficient (Wildman–Crippen LogP) is 2.30. The zero-order valence-electron chi connectivity index (χ0n) is 11.9. The van der Waals surface area contributed by atoms with Crippen LogP contribution in [0.4, 0.5) is 11.9 Å². The van der Waals surface area contributed by atoms with Crippen molar-refractivity contribution >= 4 is 11.9 Å². The first-order valence-electron chi connectivity index (χ1n) is 6.33. The highest BCUT2D eigenvalue weighted by atomic mass is 16.5. The van der Waals surface area contributed by atoms with E-state index in [0.29, 0.717) is 17.9 Å². The molecule has 0 aliphatic rings. The van der Waals surface area contributed by atoms with E-state index in [0.717, 1.165) is 19.4 Å². The summed E-state index contributed by atoms with van der Waals surface area (Å²) in [6.07, 6.45) is 1.98. The molecular formula is C12H23N5O. The molecule has 0 amide bonds. The first-order chi connectivity index (χ1) is 8.50. The van der Waals surface area contributed by atoms with Gasteiger partial charge in [0, 0.05) is 12.1 Å². The third-order valence-electron chi connectivity index (χ3n) is 2.66. The second-order valence-electron chi connectivity index (χ2n) is 4.76. The Hall–Kier alpha value is -1.59. The van der Waals surface area contributed by atoms with E-state index >= 15 is 0 Å². The van der Waals surface area contributed by atoms with Crippen molar-refractivity contribution in [1.29, 1.82) is 0 Å². The molecule has 2 N–H and O–H groups in total. The molecule has 0 radical (unpaired) electrons. The van der Waals surface area contributed by atoms with Crippen LogP contribution in [0.15, 0.2) is 0 Å². The average molecular weight is 253 g/mol. The van der Waals surface area contributed by atoms with Gasteiger partial charge in [0.15, 0.2) is 0 Å². The second kappa shape index (κ2) is 6.37. The fraction of sp³-hybridized carbons (Fsp3) is 0.750. The molecule has 0 spiro atoms. The molecule has 102 valence electrons. The Kier molecular flexibility index (Phi) is 5.12. The van der Waals surface area contributed by atoms with Gasteiger partial charge in [-0.1, -0.05) is 13.8 Å². The van der Waals surface area contributed by atoms with Crippen LogP contribution in [0.3, 0.4) is 0 Å². The molecule has 6 nitrogen and oxygen atoms in total. The van der Waals surface area contributed by atoms with Gasteiger partial charge >= 0.3 is 6.01 Å². The SMILES string of the molecule is CCCNc1nc(NC(C)(C)CC)nc(OC)n1. The van der Waals surface area contributed by atoms with Crippen LogP contribution in [-0.2, 0) is 0 Å². The van der Waals surface area contributed by atoms with Crippen LogP contribution in [0.25, 0.3) is 0 Å². The molecule has 0 atom stereocenters. The summed E-state index contributed by atoms with van der Waals surface area (Å²) in [5, 5.41) is 6.41. The first kappa shape index (κ1) is 14.5. The number of anilines is 2. The zero-order chi connectivity index (χ0) is 13.6. The normalized spacial score (nSPS) is 11.2. The van der Waals surface area contributed by atoms with E-state index in [1.807, 2.05) is 0 Å². The van der Waals surface area contributed by atoms with Crippen LogP contribution in [0.5, 0.6) is 6.01 Å². The maximum Gasteiger partial charge on any atom is 0.322 e. The van der Waals surface area contributed by atoms with Crippen LogP contribution in [0.1, 0.15) is 40.5 Å². The van der Waals surface area contributed by atoms with Gasteiger partial charge in [-0.2, -0.15) is 15.0 Å². The third-order valence-corrected chi connectivity index (χ3v) is 2.66. The van der Waals surface area contributed by atoms with Gasteiger partial charge in [-0.25, -0.2) is 0 Å². The Bertz CT molecular complexity index is 381. The smallest absolute Gasteiger partial charge is 0.322 e. The lowest BCUT2D eigenvalue weighted by atomic mass is 10.0. The lowest BCUT2D eigenvalue weighted by Crippen LogP contribution is -2.31. The van der Waals surface area contributed by atoms with Gasteiger partial charge in [0.1, 0.15) is 0 Å². The molecule has 0 unspecified atom stereocenters. The van der Waals surface area contributed by atoms with Crippen molar-refractivity contribution in [3.63, 3.8) is 0 Å². The van der Waals surface area contributed by atoms with Crippen molar-refractivity contribution < 1.29 is 4.74 Å². The van der Waals surface area contributed by atoms with Gasteiger partial charge in [-0.15, -0.1) is 0 Å². The van der Waals surface area contributed by atoms with E-state index < -0.39 is 0 Å². The highest BCUT2D eigenvalue weighted by Crippen LogP contribution is 2.17. The number of nitrogens with one attached hydrogen (secondary N) is 2. The van der Waals surface area contributed by atoms with Gasteiger partial charge in [0.2, 0.25) is 11.9 Å². The number of ether oxygens (including phenoxy) is 1. The van der Waals surface area contributed by atoms with Crippen molar-refractivity contribution in [1.82, 2.24) is 15.0 Å². The Labute approximate surface area is 109 Å². The van der Waals surface area contributed by atoms with Crippen LogP contribution < -0.4 is 15.4 Å². The molecule has 0 aliphatic heterocycles. The van der Waals surface area contributed by atoms with E-state index in [1.165, 1.54) is 0 Å². The minimum Gasteiger partial charge on any atom is -0.467 e. The molecule has 1 heterocycles. The molecule has 0 bridgehead atoms. The van der Waals surface area contributed by atoms with Gasteiger partial charge in [0.25, 0.3) is 0 Å². The maximum absolute atomic E-state index is 5.08. The molecule has 0 aliphatic carbocycles. The van der Waals surface area contributed by atoms with Crippen molar-refractivity contribution in [2.45, 2.75) is 46.1 Å². The maximum atomic E-state index is 5.08. The van der Waals surface area contributed by atoms with Crippen LogP contribution in [0.2, 0.25) is 0 Å². The Morgan fingerprint density at radius 1 is 1.11 bits per heavy atom. The lowest BCUT2D eigenvalue weighted by Gasteiger charge is -2.24. The molecular weight excluding hydrogens is 230 g/mol. The molecule has 1 aromatic rings. The van der Waals surface area contributed by atoms with Crippen LogP contribution in [0, 0.1) is 0 Å². The summed E-state index contributed by atoms with van der Waals surface area (Å²) < 4.78 is 5.08. The molecule has 0 aromatic carbocycles. The average Bonchev–Trinajstić information content (AvgIpc) is 2.35. The standard InChI is InChI=1S/C12H23N5O/c1-6-8-13-9-14-10(16-11(15-9)18-5)17-12(3,4)7-2/h6-8H2,1-5H3,(H2,13,14,15,16,17). The molecule has 0 fully saturated rings. The number of nitrogens with zero attached hydrogens (tertiary/aromatic N) is 3. The van der Waals surface area contributed by atoms with E-state index in [2.05, 4.69) is 53.3 Å². The molecule has 18 heavy (non-hydrogen) atoms. The fourth-order valence-electron chi connectivity index (χ4n) is 1.21. The first-order valence-corrected chi connectivity index (χ1v) is 6.33. The zero-order valence-corrected chi connectivity index (χ0v) is 11.9. The number of aromatic nitrogens is 3. The molecule has 0 saturated heterocycles. The molecule has 0 saturated carbocycles. The lowest BCUT2D eigenvalue weighted by molar-refractivity contribution is 0.378. The Balaban J connectivity index is 2.89. The monoisotopic (exact) mass is 253 g/mol. The van der Waals surface area contributed by atoms with Crippen molar-refractivity contribution in [3.8, 4) is 6.01 Å². The second-order valence-corrected chi connectivity index (χ2v) is 4.76. The van der Waals surface area contributed by atoms with Gasteiger partial charge in [-0.3, -0.25) is 0 Å². The summed E-state index contributed by atoms with van der Waals surface area (Å²) in [6.45, 7) is 9.22. The summed E-state index contributed by atoms with van der Waals surface area (Å²) >= 11 is 0. The third kappa shape index (κ3) is 4.35. The van der Waals surface area contributed by atoms with E-state index in [1.54, 1.807) is 7.11 Å². The highest BCUT2D eigenvalue weighted by molar-refractivity contribution is 5.37. The summed E-state index contributed by atoms with van der Waals surface area (Å²) in [5.41, 5.74) is -0.0611. The van der Waals surface area contributed by atoms with Gasteiger partial charge in [-0.05, 0) is 26.7 Å². The van der Waals surface area contributed by atoms with Gasteiger partial charge in [0.05, 0.1) is 7.11 Å². The molecule has 6 heteroatoms. The van der Waals surface area contributed by atoms with Gasteiger partial charge < -0.3 is 15.4 Å². The van der Waals surface area contributed by atoms with Crippen molar-refractivity contribution in [2.24, 2.45) is 0 Å². The molecule has 1 rings (SSSR count). The Morgan fingerprint density at radius 2 is 1.78 bits per heavy atom. The highest BCUT2D eigenvalue weighted by Gasteiger charge is 2.17. The minimum atomic E-state index is -0.0611. The van der Waals surface area contributed by atoms with E-state index in [4.69, 9.17) is 4.74 Å². The number of hydrogen-bond donors (Lipinski definition) is 2. The van der Waals surface area contributed by atoms with E-state index in [9.17, 15) is 0 Å². The number of methoxy groups -OCH3 is 1. The van der Waals surface area contributed by atoms with Crippen molar-refractivity contribution in [3.05, 3.63) is 0 Å². The largest absolute Gasteiger partial charge is 0.467 e. The summed E-state index contributed by atoms with van der Waals surface area (Å²) in [4.78, 5) is 12.7. The van der Waals surface area contributed by atoms with Crippen LogP contribution in [-0.4, -0.2) is 34.1 Å². The van der Waals surface area contributed by atoms with Crippen LogP contribution >= 0.6 is 0 Å². The number of hydrogen-bond acceptors (Lipinski definition) is 6. The summed E-state index contributed by atoms with van der Waals surface area (Å²) in [5.74, 6) is 1.07. The van der Waals surface area contributed by atoms with E-state index in [-0.39, 0.29) is 5.54 Å². The Morgan fingerprint density at radius 3 is 2.33 bits per heavy atom. The predicted molar refractivity (Wildman–Crippen MR) is 73.2 cm³/mol. The number of rotatable bonds is 7. The fourth-order valence-corrected chi connectivity index (χ4v) is 1.21. The topological polar surface area (TPSA) is 72.0 Å². The minimum absolute atomic E-state index is 0.0611. The summed E-state index contributed by atoms with van der Waals surface area (Å²) in [7, 11) is 1.55. The summed E-state index contributed by atoms with van der Waals surface area (Å²) in [6, 6.07) is 0.318. The quantitative estimate of drug-likeness (QED) is 0.777. The van der Waals surface area contributed by atoms with Crippen molar-refractivity contribution in [2.75, 3.05) is 24.3 Å². The molecule has 1 aromatic heterocycles.